The van der Waals surface area contributed by atoms with E-state index in [4.69, 9.17) is 17.3 Å². The van der Waals surface area contributed by atoms with Crippen LogP contribution in [0.15, 0.2) is 48.5 Å². The van der Waals surface area contributed by atoms with Gasteiger partial charge in [-0.25, -0.2) is 0 Å². The van der Waals surface area contributed by atoms with E-state index in [0.29, 0.717) is 12.1 Å². The molecule has 3 heteroatoms. The first kappa shape index (κ1) is 14.6. The summed E-state index contributed by atoms with van der Waals surface area (Å²) in [4.78, 5) is 0. The highest BCUT2D eigenvalue weighted by Crippen LogP contribution is 2.38. The summed E-state index contributed by atoms with van der Waals surface area (Å²) in [6, 6.07) is 17.4. The first-order valence-electron chi connectivity index (χ1n) is 7.55. The molecule has 3 unspecified atom stereocenters. The van der Waals surface area contributed by atoms with Gasteiger partial charge in [-0.15, -0.1) is 0 Å². The van der Waals surface area contributed by atoms with Crippen molar-refractivity contribution < 1.29 is 0 Å². The van der Waals surface area contributed by atoms with Crippen LogP contribution >= 0.6 is 11.6 Å². The van der Waals surface area contributed by atoms with Gasteiger partial charge in [0, 0.05) is 23.1 Å². The molecular formula is C18H21ClN2. The van der Waals surface area contributed by atoms with Crippen molar-refractivity contribution in [1.29, 1.82) is 0 Å². The van der Waals surface area contributed by atoms with Gasteiger partial charge in [-0.2, -0.15) is 0 Å². The number of nitrogens with two attached hydrogens (primary N) is 1. The van der Waals surface area contributed by atoms with E-state index in [1.165, 1.54) is 16.7 Å². The molecule has 0 radical (unpaired) electrons. The molecule has 2 aromatic rings. The van der Waals surface area contributed by atoms with Crippen LogP contribution in [0.5, 0.6) is 0 Å². The SMILES string of the molecule is CCC(NC1CC(N)c2ccccc21)c1ccc(Cl)cc1. The van der Waals surface area contributed by atoms with Crippen molar-refractivity contribution in [2.45, 2.75) is 37.9 Å². The summed E-state index contributed by atoms with van der Waals surface area (Å²) < 4.78 is 0. The van der Waals surface area contributed by atoms with Gasteiger partial charge >= 0.3 is 0 Å². The average molecular weight is 301 g/mol. The molecule has 0 bridgehead atoms. The predicted octanol–water partition coefficient (Wildman–Crippen LogP) is 4.53. The van der Waals surface area contributed by atoms with E-state index >= 15 is 0 Å². The molecule has 1 aliphatic rings. The van der Waals surface area contributed by atoms with Crippen molar-refractivity contribution in [2.75, 3.05) is 0 Å². The fourth-order valence-corrected chi connectivity index (χ4v) is 3.35. The van der Waals surface area contributed by atoms with Crippen LogP contribution in [-0.4, -0.2) is 0 Å². The topological polar surface area (TPSA) is 38.0 Å². The van der Waals surface area contributed by atoms with Crippen LogP contribution in [0.3, 0.4) is 0 Å². The fourth-order valence-electron chi connectivity index (χ4n) is 3.22. The van der Waals surface area contributed by atoms with Gasteiger partial charge in [0.2, 0.25) is 0 Å². The molecule has 0 saturated carbocycles. The molecule has 0 amide bonds. The highest BCUT2D eigenvalue weighted by Gasteiger charge is 2.29. The van der Waals surface area contributed by atoms with E-state index in [1.807, 2.05) is 12.1 Å². The minimum absolute atomic E-state index is 0.140. The summed E-state index contributed by atoms with van der Waals surface area (Å²) >= 11 is 5.98. The molecular weight excluding hydrogens is 280 g/mol. The quantitative estimate of drug-likeness (QED) is 0.871. The summed E-state index contributed by atoms with van der Waals surface area (Å²) in [5, 5.41) is 4.54. The minimum atomic E-state index is 0.140. The van der Waals surface area contributed by atoms with E-state index < -0.39 is 0 Å². The zero-order valence-corrected chi connectivity index (χ0v) is 13.0. The van der Waals surface area contributed by atoms with Crippen LogP contribution in [0.2, 0.25) is 5.02 Å². The molecule has 110 valence electrons. The van der Waals surface area contributed by atoms with Crippen LogP contribution in [0, 0.1) is 0 Å². The van der Waals surface area contributed by atoms with E-state index in [0.717, 1.165) is 17.9 Å². The van der Waals surface area contributed by atoms with Gasteiger partial charge in [0.1, 0.15) is 0 Å². The number of fused-ring (bicyclic) bond motifs is 1. The van der Waals surface area contributed by atoms with Crippen LogP contribution in [0.25, 0.3) is 0 Å². The van der Waals surface area contributed by atoms with Crippen LogP contribution in [-0.2, 0) is 0 Å². The van der Waals surface area contributed by atoms with Crippen molar-refractivity contribution in [3.05, 3.63) is 70.2 Å². The maximum Gasteiger partial charge on any atom is 0.0406 e. The largest absolute Gasteiger partial charge is 0.324 e. The minimum Gasteiger partial charge on any atom is -0.324 e. The second kappa shape index (κ2) is 6.18. The Morgan fingerprint density at radius 2 is 1.81 bits per heavy atom. The zero-order chi connectivity index (χ0) is 14.8. The lowest BCUT2D eigenvalue weighted by molar-refractivity contribution is 0.418. The van der Waals surface area contributed by atoms with Crippen LogP contribution < -0.4 is 11.1 Å². The van der Waals surface area contributed by atoms with E-state index in [9.17, 15) is 0 Å². The summed E-state index contributed by atoms with van der Waals surface area (Å²) in [5.41, 5.74) is 10.2. The van der Waals surface area contributed by atoms with E-state index in [-0.39, 0.29) is 6.04 Å². The third-order valence-corrected chi connectivity index (χ3v) is 4.60. The van der Waals surface area contributed by atoms with E-state index in [1.54, 1.807) is 0 Å². The maximum atomic E-state index is 6.26. The fraction of sp³-hybridized carbons (Fsp3) is 0.333. The Balaban J connectivity index is 1.81. The number of rotatable bonds is 4. The van der Waals surface area contributed by atoms with Crippen molar-refractivity contribution in [3.8, 4) is 0 Å². The summed E-state index contributed by atoms with van der Waals surface area (Å²) in [6.45, 7) is 2.20. The number of hydrogen-bond donors (Lipinski definition) is 2. The Morgan fingerprint density at radius 1 is 1.14 bits per heavy atom. The smallest absolute Gasteiger partial charge is 0.0406 e. The second-order valence-electron chi connectivity index (χ2n) is 5.70. The Hall–Kier alpha value is -1.35. The first-order chi connectivity index (χ1) is 10.2. The third kappa shape index (κ3) is 2.98. The van der Waals surface area contributed by atoms with Crippen molar-refractivity contribution >= 4 is 11.6 Å². The lowest BCUT2D eigenvalue weighted by Gasteiger charge is -2.23. The summed E-state index contributed by atoms with van der Waals surface area (Å²) in [5.74, 6) is 0. The summed E-state index contributed by atoms with van der Waals surface area (Å²) in [7, 11) is 0. The molecule has 3 rings (SSSR count). The molecule has 0 heterocycles. The van der Waals surface area contributed by atoms with Gasteiger partial charge in [0.15, 0.2) is 0 Å². The standard InChI is InChI=1S/C18H21ClN2/c1-2-17(12-7-9-13(19)10-8-12)21-18-11-16(20)14-5-3-4-6-15(14)18/h3-10,16-18,21H,2,11,20H2,1H3. The number of halogens is 1. The molecule has 0 saturated heterocycles. The molecule has 3 atom stereocenters. The van der Waals surface area contributed by atoms with E-state index in [2.05, 4.69) is 48.6 Å². The highest BCUT2D eigenvalue weighted by molar-refractivity contribution is 6.30. The lowest BCUT2D eigenvalue weighted by atomic mass is 10.0. The maximum absolute atomic E-state index is 6.26. The monoisotopic (exact) mass is 300 g/mol. The van der Waals surface area contributed by atoms with Gasteiger partial charge in [-0.3, -0.25) is 0 Å². The van der Waals surface area contributed by atoms with Crippen LogP contribution in [0.1, 0.15) is 54.6 Å². The Morgan fingerprint density at radius 3 is 2.48 bits per heavy atom. The van der Waals surface area contributed by atoms with Crippen molar-refractivity contribution in [3.63, 3.8) is 0 Å². The lowest BCUT2D eigenvalue weighted by Crippen LogP contribution is -2.25. The van der Waals surface area contributed by atoms with Gasteiger partial charge in [0.05, 0.1) is 0 Å². The molecule has 0 aromatic heterocycles. The van der Waals surface area contributed by atoms with Crippen LogP contribution in [0.4, 0.5) is 0 Å². The van der Waals surface area contributed by atoms with Gasteiger partial charge in [0.25, 0.3) is 0 Å². The Kier molecular flexibility index (Phi) is 4.29. The molecule has 0 aliphatic heterocycles. The average Bonchev–Trinajstić information content (AvgIpc) is 2.83. The van der Waals surface area contributed by atoms with Gasteiger partial charge in [-0.1, -0.05) is 54.9 Å². The molecule has 2 nitrogen and oxygen atoms in total. The highest BCUT2D eigenvalue weighted by atomic mass is 35.5. The Bertz CT molecular complexity index is 609. The van der Waals surface area contributed by atoms with Gasteiger partial charge < -0.3 is 11.1 Å². The van der Waals surface area contributed by atoms with Crippen molar-refractivity contribution in [2.24, 2.45) is 5.73 Å². The summed E-state index contributed by atoms with van der Waals surface area (Å²) in [6.07, 6.45) is 2.00. The number of nitrogens with one attached hydrogen (secondary N) is 1. The second-order valence-corrected chi connectivity index (χ2v) is 6.14. The molecule has 1 aliphatic carbocycles. The number of benzene rings is 2. The zero-order valence-electron chi connectivity index (χ0n) is 12.2. The molecule has 0 spiro atoms. The normalized spacial score (nSPS) is 22.0. The molecule has 2 aromatic carbocycles. The van der Waals surface area contributed by atoms with Crippen molar-refractivity contribution in [1.82, 2.24) is 5.32 Å². The first-order valence-corrected chi connectivity index (χ1v) is 7.92. The number of hydrogen-bond acceptors (Lipinski definition) is 2. The molecule has 3 N–H and O–H groups in total. The third-order valence-electron chi connectivity index (χ3n) is 4.34. The molecule has 0 fully saturated rings. The van der Waals surface area contributed by atoms with Gasteiger partial charge in [-0.05, 0) is 41.7 Å². The predicted molar refractivity (Wildman–Crippen MR) is 88.3 cm³/mol. The molecule has 21 heavy (non-hydrogen) atoms. The Labute approximate surface area is 131 Å².